The normalized spacial score (nSPS) is 16.8. The molecule has 1 aromatic carbocycles. The van der Waals surface area contributed by atoms with Crippen molar-refractivity contribution in [2.45, 2.75) is 32.3 Å². The first-order valence-electron chi connectivity index (χ1n) is 6.90. The van der Waals surface area contributed by atoms with Crippen molar-refractivity contribution in [1.29, 1.82) is 0 Å². The van der Waals surface area contributed by atoms with Gasteiger partial charge in [-0.2, -0.15) is 0 Å². The maximum Gasteiger partial charge on any atom is 0.215 e. The summed E-state index contributed by atoms with van der Waals surface area (Å²) in [5.74, 6) is 0. The van der Waals surface area contributed by atoms with Gasteiger partial charge in [-0.3, -0.25) is 9.78 Å². The lowest BCUT2D eigenvalue weighted by Crippen LogP contribution is -2.21. The average Bonchev–Trinajstić information content (AvgIpc) is 3.11. The topological polar surface area (TPSA) is 53.8 Å². The molecule has 1 unspecified atom stereocenters. The van der Waals surface area contributed by atoms with E-state index in [4.69, 9.17) is 23.8 Å². The highest BCUT2D eigenvalue weighted by atomic mass is 35.5. The van der Waals surface area contributed by atoms with Crippen LogP contribution in [-0.4, -0.2) is 26.0 Å². The second-order valence-electron chi connectivity index (χ2n) is 5.69. The van der Waals surface area contributed by atoms with E-state index in [1.54, 1.807) is 11.0 Å². The molecule has 1 aliphatic rings. The Morgan fingerprint density at radius 1 is 1.48 bits per heavy atom. The Bertz CT molecular complexity index is 648. The zero-order valence-electron chi connectivity index (χ0n) is 12.2. The van der Waals surface area contributed by atoms with E-state index in [0.29, 0.717) is 11.2 Å². The lowest BCUT2D eigenvalue weighted by molar-refractivity contribution is 0.103. The van der Waals surface area contributed by atoms with Crippen molar-refractivity contribution >= 4 is 23.8 Å². The van der Waals surface area contributed by atoms with Gasteiger partial charge in [0.2, 0.25) is 4.77 Å². The Balaban J connectivity index is 0.000000194. The molecular formula is C15H20ClN3OS. The van der Waals surface area contributed by atoms with Crippen molar-refractivity contribution in [3.8, 4) is 0 Å². The van der Waals surface area contributed by atoms with Crippen molar-refractivity contribution in [2.24, 2.45) is 12.5 Å². The van der Waals surface area contributed by atoms with E-state index >= 15 is 0 Å². The van der Waals surface area contributed by atoms with E-state index in [1.807, 2.05) is 31.3 Å². The monoisotopic (exact) mass is 325 g/mol. The summed E-state index contributed by atoms with van der Waals surface area (Å²) in [4.78, 5) is 3.74. The van der Waals surface area contributed by atoms with E-state index in [2.05, 4.69) is 17.0 Å². The number of aromatic nitrogens is 3. The lowest BCUT2D eigenvalue weighted by atomic mass is 9.95. The van der Waals surface area contributed by atoms with E-state index < -0.39 is 0 Å². The van der Waals surface area contributed by atoms with E-state index in [9.17, 15) is 5.11 Å². The van der Waals surface area contributed by atoms with Gasteiger partial charge in [0.25, 0.3) is 0 Å². The van der Waals surface area contributed by atoms with Crippen LogP contribution in [0.1, 0.15) is 25.3 Å². The van der Waals surface area contributed by atoms with Gasteiger partial charge < -0.3 is 5.11 Å². The Morgan fingerprint density at radius 2 is 2.14 bits per heavy atom. The van der Waals surface area contributed by atoms with Crippen LogP contribution < -0.4 is 0 Å². The molecule has 0 amide bonds. The number of aliphatic hydroxyl groups is 1. The van der Waals surface area contributed by atoms with Crippen LogP contribution in [0.2, 0.25) is 5.02 Å². The number of nitrogens with zero attached hydrogens (tertiary/aromatic N) is 2. The Kier molecular flexibility index (Phi) is 5.19. The number of aromatic amines is 1. The first kappa shape index (κ1) is 16.2. The van der Waals surface area contributed by atoms with Crippen LogP contribution >= 0.6 is 23.8 Å². The van der Waals surface area contributed by atoms with Gasteiger partial charge in [-0.05, 0) is 42.1 Å². The Hall–Kier alpha value is -1.17. The summed E-state index contributed by atoms with van der Waals surface area (Å²) in [6.07, 6.45) is 4.26. The maximum absolute atomic E-state index is 9.97. The molecule has 0 aliphatic heterocycles. The maximum atomic E-state index is 9.97. The molecule has 21 heavy (non-hydrogen) atoms. The molecule has 1 fully saturated rings. The van der Waals surface area contributed by atoms with Gasteiger partial charge in [-0.15, -0.1) is 0 Å². The summed E-state index contributed by atoms with van der Waals surface area (Å²) in [5.41, 5.74) is 1.20. The first-order valence-corrected chi connectivity index (χ1v) is 7.69. The molecule has 1 atom stereocenters. The molecule has 0 bridgehead atoms. The third kappa shape index (κ3) is 4.40. The largest absolute Gasteiger partial charge is 0.392 e. The minimum atomic E-state index is -0.248. The van der Waals surface area contributed by atoms with Gasteiger partial charge in [-0.1, -0.05) is 36.7 Å². The minimum absolute atomic E-state index is 0.152. The van der Waals surface area contributed by atoms with Gasteiger partial charge in [0.05, 0.1) is 6.10 Å². The zero-order valence-corrected chi connectivity index (χ0v) is 13.8. The van der Waals surface area contributed by atoms with Crippen molar-refractivity contribution in [2.75, 3.05) is 0 Å². The van der Waals surface area contributed by atoms with Crippen LogP contribution in [0, 0.1) is 10.2 Å². The van der Waals surface area contributed by atoms with Crippen molar-refractivity contribution in [3.63, 3.8) is 0 Å². The van der Waals surface area contributed by atoms with Crippen molar-refractivity contribution < 1.29 is 5.11 Å². The number of benzene rings is 1. The predicted molar refractivity (Wildman–Crippen MR) is 86.9 cm³/mol. The quantitative estimate of drug-likeness (QED) is 0.849. The number of halogens is 1. The molecular weight excluding hydrogens is 306 g/mol. The highest BCUT2D eigenvalue weighted by Gasteiger charge is 2.43. The molecule has 2 N–H and O–H groups in total. The van der Waals surface area contributed by atoms with Crippen LogP contribution in [0.15, 0.2) is 30.6 Å². The Morgan fingerprint density at radius 3 is 2.57 bits per heavy atom. The van der Waals surface area contributed by atoms with Crippen LogP contribution in [0.4, 0.5) is 0 Å². The number of aliphatic hydroxyl groups excluding tert-OH is 1. The molecule has 6 heteroatoms. The van der Waals surface area contributed by atoms with Crippen LogP contribution in [-0.2, 0) is 13.5 Å². The highest BCUT2D eigenvalue weighted by Crippen LogP contribution is 2.49. The summed E-state index contributed by atoms with van der Waals surface area (Å²) < 4.78 is 2.25. The van der Waals surface area contributed by atoms with Gasteiger partial charge in [-0.25, -0.2) is 4.98 Å². The van der Waals surface area contributed by atoms with Gasteiger partial charge in [0.1, 0.15) is 6.33 Å². The lowest BCUT2D eigenvalue weighted by Gasteiger charge is -2.17. The van der Waals surface area contributed by atoms with Crippen LogP contribution in [0.3, 0.4) is 0 Å². The zero-order chi connectivity index (χ0) is 15.5. The van der Waals surface area contributed by atoms with Crippen molar-refractivity contribution in [3.05, 3.63) is 45.9 Å². The molecule has 1 aromatic heterocycles. The summed E-state index contributed by atoms with van der Waals surface area (Å²) in [5, 5.41) is 13.5. The smallest absolute Gasteiger partial charge is 0.215 e. The number of aryl methyl sites for hydroxylation is 1. The fourth-order valence-electron chi connectivity index (χ4n) is 1.96. The van der Waals surface area contributed by atoms with Gasteiger partial charge in [0, 0.05) is 18.5 Å². The fourth-order valence-corrected chi connectivity index (χ4v) is 2.28. The number of hydrogen-bond acceptors (Lipinski definition) is 3. The molecule has 2 aromatic rings. The summed E-state index contributed by atoms with van der Waals surface area (Å²) in [6.45, 7) is 2.13. The van der Waals surface area contributed by atoms with Gasteiger partial charge in [0.15, 0.2) is 0 Å². The standard InChI is InChI=1S/C12H15ClO.C3H5N3S/c1-12(6-7-12)11(14)8-9-4-2-3-5-10(9)13;1-6-3(7)4-2-5-6/h2-5,11,14H,6-8H2,1H3;2H,1H3,(H,4,5,7). The average molecular weight is 326 g/mol. The first-order chi connectivity index (χ1) is 9.92. The second kappa shape index (κ2) is 6.73. The SMILES string of the molecule is CC1(C(O)Cc2ccccc2Cl)CC1.Cn1[nH]cnc1=S. The highest BCUT2D eigenvalue weighted by molar-refractivity contribution is 7.71. The molecule has 0 spiro atoms. The fraction of sp³-hybridized carbons (Fsp3) is 0.467. The molecule has 114 valence electrons. The third-order valence-corrected chi connectivity index (χ3v) is 4.68. The molecule has 3 rings (SSSR count). The van der Waals surface area contributed by atoms with E-state index in [1.165, 1.54) is 0 Å². The van der Waals surface area contributed by atoms with Gasteiger partial charge >= 0.3 is 0 Å². The van der Waals surface area contributed by atoms with Crippen molar-refractivity contribution in [1.82, 2.24) is 14.8 Å². The molecule has 4 nitrogen and oxygen atoms in total. The summed E-state index contributed by atoms with van der Waals surface area (Å²) in [7, 11) is 1.81. The molecule has 1 aliphatic carbocycles. The molecule has 0 radical (unpaired) electrons. The number of H-pyrrole nitrogens is 1. The number of nitrogens with one attached hydrogen (secondary N) is 1. The van der Waals surface area contributed by atoms with Crippen LogP contribution in [0.25, 0.3) is 0 Å². The Labute approximate surface area is 134 Å². The summed E-state index contributed by atoms with van der Waals surface area (Å²) in [6, 6.07) is 7.73. The number of rotatable bonds is 3. The predicted octanol–water partition coefficient (Wildman–Crippen LogP) is 3.52. The number of hydrogen-bond donors (Lipinski definition) is 2. The molecule has 0 saturated heterocycles. The molecule has 1 saturated carbocycles. The second-order valence-corrected chi connectivity index (χ2v) is 6.47. The van der Waals surface area contributed by atoms with E-state index in [0.717, 1.165) is 23.4 Å². The van der Waals surface area contributed by atoms with E-state index in [-0.39, 0.29) is 11.5 Å². The third-order valence-electron chi connectivity index (χ3n) is 3.93. The van der Waals surface area contributed by atoms with Crippen LogP contribution in [0.5, 0.6) is 0 Å². The molecule has 1 heterocycles. The minimum Gasteiger partial charge on any atom is -0.392 e. The summed E-state index contributed by atoms with van der Waals surface area (Å²) >= 11 is 10.7.